The number of carbonyl (C=O) groups excluding carboxylic acids is 1. The average Bonchev–Trinajstić information content (AvgIpc) is 3.34. The largest absolute Gasteiger partial charge is 0.346 e. The van der Waals surface area contributed by atoms with Gasteiger partial charge in [-0.25, -0.2) is 10.4 Å². The van der Waals surface area contributed by atoms with Crippen LogP contribution in [0.1, 0.15) is 18.4 Å². The second-order valence-corrected chi connectivity index (χ2v) is 7.36. The lowest BCUT2D eigenvalue weighted by molar-refractivity contribution is -0.197. The topological polar surface area (TPSA) is 53.6 Å². The van der Waals surface area contributed by atoms with Crippen molar-refractivity contribution in [3.05, 3.63) is 35.9 Å². The highest BCUT2D eigenvalue weighted by Gasteiger charge is 2.65. The third kappa shape index (κ3) is 2.99. The Bertz CT molecular complexity index is 616. The van der Waals surface area contributed by atoms with Crippen LogP contribution in [0.15, 0.2) is 30.3 Å². The van der Waals surface area contributed by atoms with Gasteiger partial charge in [-0.3, -0.25) is 9.53 Å². The van der Waals surface area contributed by atoms with Crippen LogP contribution in [-0.2, 0) is 15.2 Å². The van der Waals surface area contributed by atoms with E-state index in [0.717, 1.165) is 12.8 Å². The van der Waals surface area contributed by atoms with Crippen LogP contribution in [0.4, 0.5) is 8.78 Å². The van der Waals surface area contributed by atoms with Gasteiger partial charge in [0.2, 0.25) is 5.91 Å². The maximum Gasteiger partial charge on any atom is 0.346 e. The van der Waals surface area contributed by atoms with Crippen LogP contribution in [0.3, 0.4) is 0 Å². The SMILES string of the molecule is CN1NC(NC(=O)C2CC2)(c2ccccc2)C(Cl)(Cl)C1OC(F)F. The van der Waals surface area contributed by atoms with Crippen molar-refractivity contribution in [3.63, 3.8) is 0 Å². The van der Waals surface area contributed by atoms with Crippen LogP contribution < -0.4 is 10.7 Å². The van der Waals surface area contributed by atoms with E-state index in [2.05, 4.69) is 15.5 Å². The first-order valence-electron chi connectivity index (χ1n) is 7.47. The third-order valence-electron chi connectivity index (χ3n) is 4.20. The first-order valence-corrected chi connectivity index (χ1v) is 8.23. The quantitative estimate of drug-likeness (QED) is 0.772. The first-order chi connectivity index (χ1) is 11.3. The molecule has 0 aromatic heterocycles. The number of hydrogen-bond acceptors (Lipinski definition) is 4. The Morgan fingerprint density at radius 3 is 2.54 bits per heavy atom. The summed E-state index contributed by atoms with van der Waals surface area (Å²) in [6.07, 6.45) is 0.183. The van der Waals surface area contributed by atoms with Crippen molar-refractivity contribution >= 4 is 29.1 Å². The number of halogens is 4. The van der Waals surface area contributed by atoms with Gasteiger partial charge < -0.3 is 5.32 Å². The number of carbonyl (C=O) groups is 1. The molecule has 132 valence electrons. The molecule has 3 rings (SSSR count). The second kappa shape index (κ2) is 6.38. The molecule has 2 aliphatic rings. The van der Waals surface area contributed by atoms with Crippen molar-refractivity contribution in [1.29, 1.82) is 0 Å². The van der Waals surface area contributed by atoms with Gasteiger partial charge in [0, 0.05) is 13.0 Å². The Morgan fingerprint density at radius 1 is 1.38 bits per heavy atom. The number of nitrogens with zero attached hydrogens (tertiary/aromatic N) is 1. The van der Waals surface area contributed by atoms with Crippen LogP contribution in [0.2, 0.25) is 0 Å². The van der Waals surface area contributed by atoms with Gasteiger partial charge in [0.05, 0.1) is 0 Å². The minimum Gasteiger partial charge on any atom is -0.330 e. The molecule has 1 aromatic carbocycles. The van der Waals surface area contributed by atoms with Gasteiger partial charge in [-0.1, -0.05) is 53.5 Å². The minimum absolute atomic E-state index is 0.114. The molecule has 1 amide bonds. The highest BCUT2D eigenvalue weighted by Crippen LogP contribution is 2.49. The van der Waals surface area contributed by atoms with Crippen molar-refractivity contribution in [3.8, 4) is 0 Å². The summed E-state index contributed by atoms with van der Waals surface area (Å²) >= 11 is 13.0. The van der Waals surface area contributed by atoms with E-state index < -0.39 is 22.8 Å². The first kappa shape index (κ1) is 17.8. The lowest BCUT2D eigenvalue weighted by atomic mass is 9.95. The van der Waals surface area contributed by atoms with Crippen LogP contribution in [0.5, 0.6) is 0 Å². The molecule has 1 aliphatic heterocycles. The predicted molar refractivity (Wildman–Crippen MR) is 85.2 cm³/mol. The van der Waals surface area contributed by atoms with Crippen molar-refractivity contribution < 1.29 is 18.3 Å². The van der Waals surface area contributed by atoms with E-state index in [4.69, 9.17) is 23.2 Å². The van der Waals surface area contributed by atoms with E-state index >= 15 is 0 Å². The summed E-state index contributed by atoms with van der Waals surface area (Å²) in [4.78, 5) is 12.4. The fraction of sp³-hybridized carbons (Fsp3) is 0.533. The maximum atomic E-state index is 12.8. The summed E-state index contributed by atoms with van der Waals surface area (Å²) in [5, 5.41) is 4.06. The number of benzene rings is 1. The molecule has 24 heavy (non-hydrogen) atoms. The molecular formula is C15H17Cl2F2N3O2. The van der Waals surface area contributed by atoms with E-state index in [1.807, 2.05) is 0 Å². The zero-order valence-electron chi connectivity index (χ0n) is 12.8. The molecule has 1 saturated heterocycles. The highest BCUT2D eigenvalue weighted by atomic mass is 35.5. The summed E-state index contributed by atoms with van der Waals surface area (Å²) in [5.74, 6) is -0.347. The number of amides is 1. The van der Waals surface area contributed by atoms with E-state index in [-0.39, 0.29) is 11.8 Å². The molecule has 5 nitrogen and oxygen atoms in total. The molecule has 0 radical (unpaired) electrons. The third-order valence-corrected chi connectivity index (χ3v) is 5.14. The molecule has 2 atom stereocenters. The van der Waals surface area contributed by atoms with Gasteiger partial charge in [-0.05, 0) is 18.4 Å². The second-order valence-electron chi connectivity index (χ2n) is 5.97. The van der Waals surface area contributed by atoms with Crippen LogP contribution in [0, 0.1) is 5.92 Å². The fourth-order valence-corrected chi connectivity index (χ4v) is 3.65. The van der Waals surface area contributed by atoms with Crippen LogP contribution in [-0.4, -0.2) is 35.1 Å². The lowest BCUT2D eigenvalue weighted by Crippen LogP contribution is -2.62. The van der Waals surface area contributed by atoms with Crippen LogP contribution >= 0.6 is 23.2 Å². The smallest absolute Gasteiger partial charge is 0.330 e. The number of hydrazine groups is 1. The number of ether oxygens (including phenoxy) is 1. The monoisotopic (exact) mass is 379 g/mol. The van der Waals surface area contributed by atoms with Crippen molar-refractivity contribution in [1.82, 2.24) is 15.8 Å². The molecule has 1 aliphatic carbocycles. The van der Waals surface area contributed by atoms with Gasteiger partial charge in [0.25, 0.3) is 0 Å². The van der Waals surface area contributed by atoms with Gasteiger partial charge >= 0.3 is 6.61 Å². The highest BCUT2D eigenvalue weighted by molar-refractivity contribution is 6.50. The van der Waals surface area contributed by atoms with E-state index in [1.54, 1.807) is 30.3 Å². The van der Waals surface area contributed by atoms with Gasteiger partial charge in [-0.15, -0.1) is 0 Å². The number of alkyl halides is 4. The minimum atomic E-state index is -3.07. The zero-order chi connectivity index (χ0) is 17.5. The normalized spacial score (nSPS) is 29.8. The van der Waals surface area contributed by atoms with E-state index in [1.165, 1.54) is 12.1 Å². The summed E-state index contributed by atoms with van der Waals surface area (Å²) in [6.45, 7) is -3.07. The summed E-state index contributed by atoms with van der Waals surface area (Å²) < 4.78 is 28.2. The average molecular weight is 380 g/mol. The number of rotatable bonds is 5. The molecular weight excluding hydrogens is 363 g/mol. The van der Waals surface area contributed by atoms with E-state index in [9.17, 15) is 13.6 Å². The van der Waals surface area contributed by atoms with Crippen LogP contribution in [0.25, 0.3) is 0 Å². The molecule has 2 N–H and O–H groups in total. The van der Waals surface area contributed by atoms with Crippen molar-refractivity contribution in [2.24, 2.45) is 5.92 Å². The molecule has 2 fully saturated rings. The molecule has 1 saturated carbocycles. The molecule has 9 heteroatoms. The van der Waals surface area contributed by atoms with Crippen molar-refractivity contribution in [2.45, 2.75) is 35.7 Å². The molecule has 0 bridgehead atoms. The Balaban J connectivity index is 2.02. The fourth-order valence-electron chi connectivity index (χ4n) is 2.86. The maximum absolute atomic E-state index is 12.8. The standard InChI is InChI=1S/C15H17Cl2F2N3O2/c1-22-12(24-13(18)19)14(16,17)15(21-22,10-5-3-2-4-6-10)20-11(23)9-7-8-9/h2-6,9,12-13,21H,7-8H2,1H3,(H,20,23). The van der Waals surface area contributed by atoms with E-state index in [0.29, 0.717) is 5.56 Å². The Morgan fingerprint density at radius 2 is 2.00 bits per heavy atom. The molecule has 1 heterocycles. The lowest BCUT2D eigenvalue weighted by Gasteiger charge is -2.39. The molecule has 2 unspecified atom stereocenters. The Hall–Kier alpha value is -0.990. The van der Waals surface area contributed by atoms with Gasteiger partial charge in [0.1, 0.15) is 0 Å². The summed E-state index contributed by atoms with van der Waals surface area (Å²) in [5.41, 5.74) is 1.97. The number of hydrogen-bond donors (Lipinski definition) is 2. The van der Waals surface area contributed by atoms with Gasteiger partial charge in [-0.2, -0.15) is 8.78 Å². The predicted octanol–water partition coefficient (Wildman–Crippen LogP) is 2.55. The Kier molecular flexibility index (Phi) is 4.74. The molecule has 0 spiro atoms. The van der Waals surface area contributed by atoms with Crippen molar-refractivity contribution in [2.75, 3.05) is 7.05 Å². The zero-order valence-corrected chi connectivity index (χ0v) is 14.3. The summed E-state index contributed by atoms with van der Waals surface area (Å²) in [6, 6.07) is 8.69. The summed E-state index contributed by atoms with van der Waals surface area (Å²) in [7, 11) is 1.47. The Labute approximate surface area is 148 Å². The number of nitrogens with one attached hydrogen (secondary N) is 2. The van der Waals surface area contributed by atoms with Gasteiger partial charge in [0.15, 0.2) is 16.2 Å². The molecule has 1 aromatic rings.